The Morgan fingerprint density at radius 3 is 2.19 bits per heavy atom. The van der Waals surface area contributed by atoms with Gasteiger partial charge in [0.25, 0.3) is 0 Å². The predicted octanol–water partition coefficient (Wildman–Crippen LogP) is 3.26. The summed E-state index contributed by atoms with van der Waals surface area (Å²) in [5.74, 6) is 1.59. The molecule has 21 heavy (non-hydrogen) atoms. The molecule has 2 aromatic carbocycles. The average molecular weight is 283 g/mol. The van der Waals surface area contributed by atoms with E-state index < -0.39 is 0 Å². The highest BCUT2D eigenvalue weighted by molar-refractivity contribution is 5.43. The average Bonchev–Trinajstić information content (AvgIpc) is 2.95. The zero-order chi connectivity index (χ0) is 14.7. The summed E-state index contributed by atoms with van der Waals surface area (Å²) in [6.45, 7) is 3.18. The van der Waals surface area contributed by atoms with Crippen LogP contribution in [-0.2, 0) is 19.5 Å². The quantitative estimate of drug-likeness (QED) is 0.840. The maximum atomic E-state index is 5.36. The van der Waals surface area contributed by atoms with Gasteiger partial charge in [0, 0.05) is 19.6 Å². The van der Waals surface area contributed by atoms with E-state index in [1.54, 1.807) is 14.2 Å². The molecule has 1 aliphatic rings. The van der Waals surface area contributed by atoms with Gasteiger partial charge in [0.15, 0.2) is 11.5 Å². The molecule has 0 radical (unpaired) electrons. The smallest absolute Gasteiger partial charge is 0.160 e. The number of methoxy groups -OCH3 is 2. The first-order valence-corrected chi connectivity index (χ1v) is 7.30. The summed E-state index contributed by atoms with van der Waals surface area (Å²) in [5.41, 5.74) is 4.21. The Bertz CT molecular complexity index is 599. The van der Waals surface area contributed by atoms with Crippen LogP contribution in [0.25, 0.3) is 0 Å². The maximum absolute atomic E-state index is 5.36. The molecule has 0 N–H and O–H groups in total. The Morgan fingerprint density at radius 2 is 1.57 bits per heavy atom. The minimum Gasteiger partial charge on any atom is -0.493 e. The van der Waals surface area contributed by atoms with E-state index in [2.05, 4.69) is 41.3 Å². The Labute approximate surface area is 126 Å². The number of hydrogen-bond acceptors (Lipinski definition) is 3. The Kier molecular flexibility index (Phi) is 4.11. The summed E-state index contributed by atoms with van der Waals surface area (Å²) in [6, 6.07) is 14.9. The van der Waals surface area contributed by atoms with E-state index >= 15 is 0 Å². The van der Waals surface area contributed by atoms with Crippen molar-refractivity contribution in [3.8, 4) is 11.5 Å². The highest BCUT2D eigenvalue weighted by Crippen LogP contribution is 2.28. The van der Waals surface area contributed by atoms with Crippen LogP contribution in [0.5, 0.6) is 11.5 Å². The number of fused-ring (bicyclic) bond motifs is 1. The first kappa shape index (κ1) is 14.0. The number of rotatable bonds is 5. The summed E-state index contributed by atoms with van der Waals surface area (Å²) in [4.78, 5) is 2.49. The standard InChI is InChI=1S/C18H21NO2/c1-20-17-8-7-14(11-18(17)21-2)9-10-19-12-15-5-3-4-6-16(15)13-19/h3-8,11H,9-10,12-13H2,1-2H3. The van der Waals surface area contributed by atoms with Crippen LogP contribution in [-0.4, -0.2) is 25.7 Å². The van der Waals surface area contributed by atoms with Crippen LogP contribution >= 0.6 is 0 Å². The van der Waals surface area contributed by atoms with Gasteiger partial charge in [-0.2, -0.15) is 0 Å². The molecule has 0 atom stereocenters. The second kappa shape index (κ2) is 6.19. The number of nitrogens with zero attached hydrogens (tertiary/aromatic N) is 1. The van der Waals surface area contributed by atoms with Gasteiger partial charge in [0.1, 0.15) is 0 Å². The van der Waals surface area contributed by atoms with Gasteiger partial charge in [-0.3, -0.25) is 4.90 Å². The summed E-state index contributed by atoms with van der Waals surface area (Å²) >= 11 is 0. The van der Waals surface area contributed by atoms with Gasteiger partial charge in [0.2, 0.25) is 0 Å². The highest BCUT2D eigenvalue weighted by Gasteiger charge is 2.17. The molecule has 0 unspecified atom stereocenters. The minimum atomic E-state index is 0.787. The van der Waals surface area contributed by atoms with Crippen LogP contribution in [0.3, 0.4) is 0 Å². The third kappa shape index (κ3) is 3.03. The Balaban J connectivity index is 1.62. The summed E-state index contributed by atoms with van der Waals surface area (Å²) in [7, 11) is 3.34. The third-order valence-electron chi connectivity index (χ3n) is 4.07. The van der Waals surface area contributed by atoms with Crippen molar-refractivity contribution in [2.75, 3.05) is 20.8 Å². The molecule has 3 nitrogen and oxygen atoms in total. The van der Waals surface area contributed by atoms with Crippen LogP contribution in [0, 0.1) is 0 Å². The van der Waals surface area contributed by atoms with Gasteiger partial charge in [-0.1, -0.05) is 30.3 Å². The van der Waals surface area contributed by atoms with Gasteiger partial charge in [-0.15, -0.1) is 0 Å². The van der Waals surface area contributed by atoms with E-state index in [0.717, 1.165) is 37.6 Å². The lowest BCUT2D eigenvalue weighted by Crippen LogP contribution is -2.19. The molecule has 0 fully saturated rings. The van der Waals surface area contributed by atoms with Gasteiger partial charge in [-0.05, 0) is 35.2 Å². The van der Waals surface area contributed by atoms with E-state index in [0.29, 0.717) is 0 Å². The van der Waals surface area contributed by atoms with Gasteiger partial charge in [-0.25, -0.2) is 0 Å². The van der Waals surface area contributed by atoms with Crippen molar-refractivity contribution in [1.29, 1.82) is 0 Å². The summed E-state index contributed by atoms with van der Waals surface area (Å²) < 4.78 is 10.6. The van der Waals surface area contributed by atoms with E-state index in [-0.39, 0.29) is 0 Å². The predicted molar refractivity (Wildman–Crippen MR) is 83.8 cm³/mol. The molecule has 0 spiro atoms. The molecule has 0 saturated heterocycles. The lowest BCUT2D eigenvalue weighted by atomic mass is 10.1. The van der Waals surface area contributed by atoms with Crippen molar-refractivity contribution in [2.45, 2.75) is 19.5 Å². The third-order valence-corrected chi connectivity index (χ3v) is 4.07. The summed E-state index contributed by atoms with van der Waals surface area (Å²) in [6.07, 6.45) is 1.02. The topological polar surface area (TPSA) is 21.7 Å². The van der Waals surface area contributed by atoms with Crippen molar-refractivity contribution in [3.63, 3.8) is 0 Å². The maximum Gasteiger partial charge on any atom is 0.160 e. The van der Waals surface area contributed by atoms with E-state index in [4.69, 9.17) is 9.47 Å². The molecule has 110 valence electrons. The number of ether oxygens (including phenoxy) is 2. The lowest BCUT2D eigenvalue weighted by molar-refractivity contribution is 0.287. The van der Waals surface area contributed by atoms with Gasteiger partial charge < -0.3 is 9.47 Å². The number of hydrogen-bond donors (Lipinski definition) is 0. The second-order valence-corrected chi connectivity index (χ2v) is 5.42. The zero-order valence-electron chi connectivity index (χ0n) is 12.6. The zero-order valence-corrected chi connectivity index (χ0v) is 12.6. The van der Waals surface area contributed by atoms with Crippen LogP contribution < -0.4 is 9.47 Å². The monoisotopic (exact) mass is 283 g/mol. The molecule has 0 aromatic heterocycles. The van der Waals surface area contributed by atoms with E-state index in [1.807, 2.05) is 6.07 Å². The van der Waals surface area contributed by atoms with Crippen molar-refractivity contribution < 1.29 is 9.47 Å². The fourth-order valence-corrected chi connectivity index (χ4v) is 2.89. The van der Waals surface area contributed by atoms with E-state index in [1.165, 1.54) is 16.7 Å². The van der Waals surface area contributed by atoms with Crippen LogP contribution in [0.1, 0.15) is 16.7 Å². The van der Waals surface area contributed by atoms with Crippen LogP contribution in [0.15, 0.2) is 42.5 Å². The largest absolute Gasteiger partial charge is 0.493 e. The SMILES string of the molecule is COc1ccc(CCN2Cc3ccccc3C2)cc1OC. The Hall–Kier alpha value is -2.00. The fourth-order valence-electron chi connectivity index (χ4n) is 2.89. The second-order valence-electron chi connectivity index (χ2n) is 5.42. The molecule has 1 heterocycles. The van der Waals surface area contributed by atoms with Crippen molar-refractivity contribution in [3.05, 3.63) is 59.2 Å². The molecule has 3 heteroatoms. The molecular weight excluding hydrogens is 262 g/mol. The first-order valence-electron chi connectivity index (χ1n) is 7.30. The molecule has 0 amide bonds. The van der Waals surface area contributed by atoms with Crippen molar-refractivity contribution in [2.24, 2.45) is 0 Å². The van der Waals surface area contributed by atoms with Crippen LogP contribution in [0.2, 0.25) is 0 Å². The number of benzene rings is 2. The minimum absolute atomic E-state index is 0.787. The molecule has 3 rings (SSSR count). The molecule has 0 saturated carbocycles. The van der Waals surface area contributed by atoms with Crippen molar-refractivity contribution >= 4 is 0 Å². The van der Waals surface area contributed by atoms with Crippen molar-refractivity contribution in [1.82, 2.24) is 4.90 Å². The first-order chi connectivity index (χ1) is 10.3. The summed E-state index contributed by atoms with van der Waals surface area (Å²) in [5, 5.41) is 0. The molecular formula is C18H21NO2. The fraction of sp³-hybridized carbons (Fsp3) is 0.333. The molecule has 2 aromatic rings. The van der Waals surface area contributed by atoms with E-state index in [9.17, 15) is 0 Å². The molecule has 0 bridgehead atoms. The molecule has 0 aliphatic carbocycles. The van der Waals surface area contributed by atoms with Gasteiger partial charge >= 0.3 is 0 Å². The van der Waals surface area contributed by atoms with Crippen LogP contribution in [0.4, 0.5) is 0 Å². The normalized spacial score (nSPS) is 14.0. The lowest BCUT2D eigenvalue weighted by Gasteiger charge is -2.15. The highest BCUT2D eigenvalue weighted by atomic mass is 16.5. The van der Waals surface area contributed by atoms with Gasteiger partial charge in [0.05, 0.1) is 14.2 Å². The molecule has 1 aliphatic heterocycles. The Morgan fingerprint density at radius 1 is 0.905 bits per heavy atom.